The molecule has 2 amide bonds. The minimum absolute atomic E-state index is 0.201. The van der Waals surface area contributed by atoms with E-state index in [1.807, 2.05) is 13.0 Å². The molecule has 1 aliphatic rings. The molecule has 1 fully saturated rings. The predicted molar refractivity (Wildman–Crippen MR) is 85.5 cm³/mol. The summed E-state index contributed by atoms with van der Waals surface area (Å²) in [5.74, 6) is -0.860. The van der Waals surface area contributed by atoms with E-state index >= 15 is 0 Å². The molecule has 1 saturated heterocycles. The van der Waals surface area contributed by atoms with Gasteiger partial charge in [0.05, 0.1) is 11.4 Å². The lowest BCUT2D eigenvalue weighted by Crippen LogP contribution is -2.34. The topological polar surface area (TPSA) is 49.4 Å². The quantitative estimate of drug-likeness (QED) is 0.936. The molecular formula is C16H13FN2O2S. The van der Waals surface area contributed by atoms with Crippen LogP contribution in [0.1, 0.15) is 5.56 Å². The first-order valence-electron chi connectivity index (χ1n) is 6.68. The molecule has 6 heteroatoms. The van der Waals surface area contributed by atoms with Gasteiger partial charge >= 0.3 is 0 Å². The van der Waals surface area contributed by atoms with Crippen molar-refractivity contribution in [1.82, 2.24) is 0 Å². The van der Waals surface area contributed by atoms with Crippen molar-refractivity contribution in [3.63, 3.8) is 0 Å². The zero-order chi connectivity index (χ0) is 15.7. The van der Waals surface area contributed by atoms with Gasteiger partial charge in [-0.05, 0) is 48.5 Å². The Morgan fingerprint density at radius 1 is 1.14 bits per heavy atom. The highest BCUT2D eigenvalue weighted by molar-refractivity contribution is 8.16. The van der Waals surface area contributed by atoms with Gasteiger partial charge in [-0.15, -0.1) is 0 Å². The van der Waals surface area contributed by atoms with Crippen molar-refractivity contribution in [1.29, 1.82) is 0 Å². The van der Waals surface area contributed by atoms with Crippen molar-refractivity contribution < 1.29 is 14.0 Å². The van der Waals surface area contributed by atoms with E-state index in [1.54, 1.807) is 30.3 Å². The Morgan fingerprint density at radius 3 is 2.64 bits per heavy atom. The average Bonchev–Trinajstić information content (AvgIpc) is 2.76. The van der Waals surface area contributed by atoms with Crippen LogP contribution in [-0.4, -0.2) is 16.5 Å². The van der Waals surface area contributed by atoms with Crippen molar-refractivity contribution in [3.05, 3.63) is 59.9 Å². The van der Waals surface area contributed by atoms with Crippen LogP contribution in [0.15, 0.2) is 48.5 Å². The van der Waals surface area contributed by atoms with Crippen LogP contribution < -0.4 is 10.2 Å². The molecule has 1 atom stereocenters. The van der Waals surface area contributed by atoms with Crippen molar-refractivity contribution in [2.75, 3.05) is 10.2 Å². The normalized spacial score (nSPS) is 17.9. The fraction of sp³-hybridized carbons (Fsp3) is 0.125. The molecule has 0 radical (unpaired) electrons. The van der Waals surface area contributed by atoms with Crippen molar-refractivity contribution >= 4 is 34.3 Å². The first kappa shape index (κ1) is 14.6. The average molecular weight is 316 g/mol. The standard InChI is InChI=1S/C16H13FN2O2S/c1-10-5-4-6-11(9-10)19-15(20)14(22-16(19)21)18-13-8-3-2-7-12(13)17/h2-9,14,18H,1H3/t14-/m1/s1. The Hall–Kier alpha value is -2.34. The lowest BCUT2D eigenvalue weighted by molar-refractivity contribution is -0.116. The SMILES string of the molecule is Cc1cccc(N2C(=O)S[C@@H](Nc3ccccc3F)C2=O)c1. The zero-order valence-corrected chi connectivity index (χ0v) is 12.6. The molecule has 0 bridgehead atoms. The Kier molecular flexibility index (Phi) is 3.85. The van der Waals surface area contributed by atoms with Gasteiger partial charge in [0.2, 0.25) is 0 Å². The number of nitrogens with one attached hydrogen (secondary N) is 1. The van der Waals surface area contributed by atoms with E-state index in [0.717, 1.165) is 22.2 Å². The summed E-state index contributed by atoms with van der Waals surface area (Å²) in [4.78, 5) is 25.7. The maximum atomic E-state index is 13.7. The van der Waals surface area contributed by atoms with Gasteiger partial charge in [0, 0.05) is 0 Å². The zero-order valence-electron chi connectivity index (χ0n) is 11.7. The highest BCUT2D eigenvalue weighted by Gasteiger charge is 2.41. The summed E-state index contributed by atoms with van der Waals surface area (Å²) in [5, 5.41) is 1.58. The summed E-state index contributed by atoms with van der Waals surface area (Å²) in [6.45, 7) is 1.89. The van der Waals surface area contributed by atoms with E-state index < -0.39 is 17.1 Å². The van der Waals surface area contributed by atoms with Gasteiger partial charge in [-0.25, -0.2) is 9.29 Å². The van der Waals surface area contributed by atoms with E-state index in [1.165, 1.54) is 12.1 Å². The Bertz CT molecular complexity index is 750. The molecule has 2 aromatic rings. The van der Waals surface area contributed by atoms with E-state index in [2.05, 4.69) is 5.32 Å². The molecule has 0 aliphatic carbocycles. The minimum atomic E-state index is -0.829. The van der Waals surface area contributed by atoms with E-state index in [-0.39, 0.29) is 10.9 Å². The summed E-state index contributed by atoms with van der Waals surface area (Å²) >= 11 is 0.846. The van der Waals surface area contributed by atoms with E-state index in [9.17, 15) is 14.0 Å². The van der Waals surface area contributed by atoms with Gasteiger partial charge in [-0.3, -0.25) is 9.59 Å². The molecular weight excluding hydrogens is 303 g/mol. The second kappa shape index (κ2) is 5.81. The fourth-order valence-corrected chi connectivity index (χ4v) is 3.12. The number of benzene rings is 2. The highest BCUT2D eigenvalue weighted by Crippen LogP contribution is 2.33. The van der Waals surface area contributed by atoms with Crippen LogP contribution in [0.25, 0.3) is 0 Å². The number of thioether (sulfide) groups is 1. The molecule has 3 rings (SSSR count). The number of hydrogen-bond donors (Lipinski definition) is 1. The van der Waals surface area contributed by atoms with Gasteiger partial charge in [-0.2, -0.15) is 0 Å². The fourth-order valence-electron chi connectivity index (χ4n) is 2.22. The van der Waals surface area contributed by atoms with Crippen LogP contribution in [0.4, 0.5) is 20.6 Å². The largest absolute Gasteiger partial charge is 0.363 e. The van der Waals surface area contributed by atoms with Crippen LogP contribution in [0.3, 0.4) is 0 Å². The van der Waals surface area contributed by atoms with Gasteiger partial charge in [0.25, 0.3) is 11.1 Å². The number of carbonyl (C=O) groups excluding carboxylic acids is 2. The number of aryl methyl sites for hydroxylation is 1. The molecule has 22 heavy (non-hydrogen) atoms. The summed E-state index contributed by atoms with van der Waals surface area (Å²) in [6, 6.07) is 13.2. The van der Waals surface area contributed by atoms with Crippen LogP contribution in [-0.2, 0) is 4.79 Å². The molecule has 4 nitrogen and oxygen atoms in total. The Labute approximate surface area is 131 Å². The number of hydrogen-bond acceptors (Lipinski definition) is 4. The molecule has 2 aromatic carbocycles. The number of carbonyl (C=O) groups is 2. The third-order valence-corrected chi connectivity index (χ3v) is 4.21. The minimum Gasteiger partial charge on any atom is -0.363 e. The number of halogens is 1. The highest BCUT2D eigenvalue weighted by atomic mass is 32.2. The number of nitrogens with zero attached hydrogens (tertiary/aromatic N) is 1. The van der Waals surface area contributed by atoms with E-state index in [4.69, 9.17) is 0 Å². The first-order chi connectivity index (χ1) is 10.6. The van der Waals surface area contributed by atoms with Gasteiger partial charge < -0.3 is 5.32 Å². The lowest BCUT2D eigenvalue weighted by Gasteiger charge is -2.15. The molecule has 1 aliphatic heterocycles. The smallest absolute Gasteiger partial charge is 0.295 e. The van der Waals surface area contributed by atoms with Gasteiger partial charge in [0.1, 0.15) is 5.82 Å². The van der Waals surface area contributed by atoms with Crippen molar-refractivity contribution in [2.24, 2.45) is 0 Å². The monoisotopic (exact) mass is 316 g/mol. The summed E-state index contributed by atoms with van der Waals surface area (Å²) in [5.41, 5.74) is 1.68. The van der Waals surface area contributed by atoms with Crippen LogP contribution in [0.2, 0.25) is 0 Å². The number of rotatable bonds is 3. The number of amides is 2. The van der Waals surface area contributed by atoms with Gasteiger partial charge in [-0.1, -0.05) is 24.3 Å². The van der Waals surface area contributed by atoms with E-state index in [0.29, 0.717) is 5.69 Å². The van der Waals surface area contributed by atoms with Crippen LogP contribution >= 0.6 is 11.8 Å². The van der Waals surface area contributed by atoms with Crippen LogP contribution in [0, 0.1) is 12.7 Å². The molecule has 1 heterocycles. The summed E-state index contributed by atoms with van der Waals surface area (Å²) in [6.07, 6.45) is 0. The molecule has 112 valence electrons. The van der Waals surface area contributed by atoms with Crippen LogP contribution in [0.5, 0.6) is 0 Å². The maximum Gasteiger partial charge on any atom is 0.295 e. The molecule has 1 N–H and O–H groups in total. The van der Waals surface area contributed by atoms with Gasteiger partial charge in [0.15, 0.2) is 5.37 Å². The second-order valence-electron chi connectivity index (χ2n) is 4.90. The first-order valence-corrected chi connectivity index (χ1v) is 7.56. The Morgan fingerprint density at radius 2 is 1.91 bits per heavy atom. The lowest BCUT2D eigenvalue weighted by atomic mass is 10.2. The van der Waals surface area contributed by atoms with Crippen molar-refractivity contribution in [3.8, 4) is 0 Å². The molecule has 0 unspecified atom stereocenters. The summed E-state index contributed by atoms with van der Waals surface area (Å²) in [7, 11) is 0. The molecule has 0 spiro atoms. The second-order valence-corrected chi connectivity index (χ2v) is 5.96. The number of imide groups is 1. The third-order valence-electron chi connectivity index (χ3n) is 3.27. The molecule has 0 aromatic heterocycles. The summed E-state index contributed by atoms with van der Waals surface area (Å²) < 4.78 is 13.7. The number of para-hydroxylation sites is 1. The number of anilines is 2. The maximum absolute atomic E-state index is 13.7. The predicted octanol–water partition coefficient (Wildman–Crippen LogP) is 3.77. The van der Waals surface area contributed by atoms with Crippen molar-refractivity contribution in [2.45, 2.75) is 12.3 Å². The Balaban J connectivity index is 1.84. The third kappa shape index (κ3) is 2.69. The molecule has 0 saturated carbocycles.